The van der Waals surface area contributed by atoms with Crippen LogP contribution in [-0.4, -0.2) is 0 Å². The Labute approximate surface area is 125 Å². The molecule has 20 heavy (non-hydrogen) atoms. The zero-order valence-corrected chi connectivity index (χ0v) is 12.9. The first-order valence-corrected chi connectivity index (χ1v) is 7.09. The van der Waals surface area contributed by atoms with Crippen LogP contribution in [0.15, 0.2) is 36.4 Å². The number of aryl methyl sites for hydroxylation is 2. The van der Waals surface area contributed by atoms with E-state index in [0.717, 1.165) is 11.1 Å². The zero-order valence-electron chi connectivity index (χ0n) is 12.1. The average molecular weight is 290 g/mol. The molecule has 2 aromatic rings. The Kier molecular flexibility index (Phi) is 4.69. The van der Waals surface area contributed by atoms with Crippen molar-refractivity contribution in [2.75, 3.05) is 0 Å². The van der Waals surface area contributed by atoms with Crippen molar-refractivity contribution >= 4 is 11.6 Å². The molecule has 0 fully saturated rings. The van der Waals surface area contributed by atoms with Gasteiger partial charge in [-0.15, -0.1) is 0 Å². The Morgan fingerprint density at radius 1 is 1.10 bits per heavy atom. The van der Waals surface area contributed by atoms with Crippen LogP contribution in [0.5, 0.6) is 5.75 Å². The molecule has 2 aromatic carbocycles. The molecule has 0 heterocycles. The Bertz CT molecular complexity index is 608. The molecule has 0 aliphatic heterocycles. The van der Waals surface area contributed by atoms with Crippen LogP contribution in [0.25, 0.3) is 0 Å². The number of rotatable bonds is 4. The maximum absolute atomic E-state index is 6.22. The Morgan fingerprint density at radius 3 is 2.45 bits per heavy atom. The fourth-order valence-corrected chi connectivity index (χ4v) is 2.22. The second-order valence-electron chi connectivity index (χ2n) is 5.19. The molecule has 2 nitrogen and oxygen atoms in total. The SMILES string of the molecule is Cc1ccc(COc2ccc(C(C)N)cc2Cl)cc1C. The molecule has 1 unspecified atom stereocenters. The molecule has 1 atom stereocenters. The summed E-state index contributed by atoms with van der Waals surface area (Å²) in [4.78, 5) is 0. The molecule has 3 heteroatoms. The van der Waals surface area contributed by atoms with Crippen molar-refractivity contribution in [2.24, 2.45) is 5.73 Å². The number of ether oxygens (including phenoxy) is 1. The lowest BCUT2D eigenvalue weighted by Gasteiger charge is -2.12. The number of hydrogen-bond donors (Lipinski definition) is 1. The molecular weight excluding hydrogens is 270 g/mol. The van der Waals surface area contributed by atoms with E-state index in [-0.39, 0.29) is 6.04 Å². The third-order valence-corrected chi connectivity index (χ3v) is 3.74. The maximum atomic E-state index is 6.22. The lowest BCUT2D eigenvalue weighted by molar-refractivity contribution is 0.306. The van der Waals surface area contributed by atoms with E-state index in [9.17, 15) is 0 Å². The second-order valence-corrected chi connectivity index (χ2v) is 5.59. The van der Waals surface area contributed by atoms with Crippen molar-refractivity contribution in [1.29, 1.82) is 0 Å². The van der Waals surface area contributed by atoms with Gasteiger partial charge in [0.15, 0.2) is 0 Å². The number of halogens is 1. The van der Waals surface area contributed by atoms with Gasteiger partial charge in [0.2, 0.25) is 0 Å². The molecule has 106 valence electrons. The first-order chi connectivity index (χ1) is 9.47. The van der Waals surface area contributed by atoms with Crippen LogP contribution in [0.4, 0.5) is 0 Å². The molecule has 0 bridgehead atoms. The highest BCUT2D eigenvalue weighted by atomic mass is 35.5. The fourth-order valence-electron chi connectivity index (χ4n) is 1.97. The van der Waals surface area contributed by atoms with Crippen molar-refractivity contribution in [3.8, 4) is 5.75 Å². The zero-order chi connectivity index (χ0) is 14.7. The van der Waals surface area contributed by atoms with E-state index in [1.165, 1.54) is 11.1 Å². The van der Waals surface area contributed by atoms with E-state index >= 15 is 0 Å². The van der Waals surface area contributed by atoms with Crippen LogP contribution in [-0.2, 0) is 6.61 Å². The Morgan fingerprint density at radius 2 is 1.85 bits per heavy atom. The second kappa shape index (κ2) is 6.29. The van der Waals surface area contributed by atoms with Crippen molar-refractivity contribution < 1.29 is 4.74 Å². The summed E-state index contributed by atoms with van der Waals surface area (Å²) in [6.45, 7) is 6.65. The summed E-state index contributed by atoms with van der Waals surface area (Å²) in [7, 11) is 0. The van der Waals surface area contributed by atoms with Crippen molar-refractivity contribution in [2.45, 2.75) is 33.4 Å². The van der Waals surface area contributed by atoms with Gasteiger partial charge in [-0.3, -0.25) is 0 Å². The number of nitrogens with two attached hydrogens (primary N) is 1. The van der Waals surface area contributed by atoms with Gasteiger partial charge in [0.25, 0.3) is 0 Å². The third kappa shape index (κ3) is 3.53. The minimum absolute atomic E-state index is 0.0266. The highest BCUT2D eigenvalue weighted by Gasteiger charge is 2.06. The van der Waals surface area contributed by atoms with Crippen LogP contribution >= 0.6 is 11.6 Å². The average Bonchev–Trinajstić information content (AvgIpc) is 2.41. The minimum Gasteiger partial charge on any atom is -0.487 e. The summed E-state index contributed by atoms with van der Waals surface area (Å²) in [5.41, 5.74) is 10.5. The van der Waals surface area contributed by atoms with Gasteiger partial charge < -0.3 is 10.5 Å². The molecule has 0 aromatic heterocycles. The van der Waals surface area contributed by atoms with Gasteiger partial charge in [-0.05, 0) is 55.2 Å². The monoisotopic (exact) mass is 289 g/mol. The van der Waals surface area contributed by atoms with Crippen LogP contribution in [0.2, 0.25) is 5.02 Å². The molecule has 0 amide bonds. The maximum Gasteiger partial charge on any atom is 0.138 e. The van der Waals surface area contributed by atoms with Crippen molar-refractivity contribution in [3.05, 3.63) is 63.7 Å². The Hall–Kier alpha value is -1.51. The highest BCUT2D eigenvalue weighted by molar-refractivity contribution is 6.32. The molecule has 0 aliphatic rings. The molecule has 0 saturated heterocycles. The third-order valence-electron chi connectivity index (χ3n) is 3.45. The predicted octanol–water partition coefficient (Wildman–Crippen LogP) is 4.56. The molecule has 0 saturated carbocycles. The summed E-state index contributed by atoms with van der Waals surface area (Å²) >= 11 is 6.22. The summed E-state index contributed by atoms with van der Waals surface area (Å²) in [5, 5.41) is 0.601. The van der Waals surface area contributed by atoms with Gasteiger partial charge in [-0.25, -0.2) is 0 Å². The lowest BCUT2D eigenvalue weighted by atomic mass is 10.1. The van der Waals surface area contributed by atoms with Crippen LogP contribution in [0, 0.1) is 13.8 Å². The summed E-state index contributed by atoms with van der Waals surface area (Å²) in [6.07, 6.45) is 0. The molecular formula is C17H20ClNO. The van der Waals surface area contributed by atoms with Crippen molar-refractivity contribution in [3.63, 3.8) is 0 Å². The minimum atomic E-state index is -0.0266. The van der Waals surface area contributed by atoms with E-state index in [4.69, 9.17) is 22.1 Å². The van der Waals surface area contributed by atoms with E-state index in [0.29, 0.717) is 17.4 Å². The molecule has 2 rings (SSSR count). The first-order valence-electron chi connectivity index (χ1n) is 6.71. The molecule has 0 radical (unpaired) electrons. The van der Waals surface area contributed by atoms with Gasteiger partial charge >= 0.3 is 0 Å². The quantitative estimate of drug-likeness (QED) is 0.896. The Balaban J connectivity index is 2.09. The van der Waals surface area contributed by atoms with Crippen LogP contribution < -0.4 is 10.5 Å². The molecule has 0 spiro atoms. The summed E-state index contributed by atoms with van der Waals surface area (Å²) < 4.78 is 5.78. The standard InChI is InChI=1S/C17H20ClNO/c1-11-4-5-14(8-12(11)2)10-20-17-7-6-15(13(3)19)9-16(17)18/h4-9,13H,10,19H2,1-3H3. The lowest BCUT2D eigenvalue weighted by Crippen LogP contribution is -2.05. The van der Waals surface area contributed by atoms with Gasteiger partial charge in [0.05, 0.1) is 5.02 Å². The van der Waals surface area contributed by atoms with Crippen molar-refractivity contribution in [1.82, 2.24) is 0 Å². The molecule has 2 N–H and O–H groups in total. The summed E-state index contributed by atoms with van der Waals surface area (Å²) in [5.74, 6) is 0.689. The smallest absolute Gasteiger partial charge is 0.138 e. The largest absolute Gasteiger partial charge is 0.487 e. The molecule has 0 aliphatic carbocycles. The van der Waals surface area contributed by atoms with E-state index in [1.54, 1.807) is 0 Å². The van der Waals surface area contributed by atoms with E-state index in [1.807, 2.05) is 25.1 Å². The highest BCUT2D eigenvalue weighted by Crippen LogP contribution is 2.28. The number of hydrogen-bond acceptors (Lipinski definition) is 2. The summed E-state index contributed by atoms with van der Waals surface area (Å²) in [6, 6.07) is 12.0. The van der Waals surface area contributed by atoms with Crippen LogP contribution in [0.3, 0.4) is 0 Å². The topological polar surface area (TPSA) is 35.2 Å². The van der Waals surface area contributed by atoms with Crippen LogP contribution in [0.1, 0.15) is 35.2 Å². The van der Waals surface area contributed by atoms with Gasteiger partial charge in [-0.1, -0.05) is 35.9 Å². The number of benzene rings is 2. The predicted molar refractivity (Wildman–Crippen MR) is 84.3 cm³/mol. The van der Waals surface area contributed by atoms with Gasteiger partial charge in [0, 0.05) is 6.04 Å². The normalized spacial score (nSPS) is 12.2. The van der Waals surface area contributed by atoms with E-state index < -0.39 is 0 Å². The van der Waals surface area contributed by atoms with Gasteiger partial charge in [0.1, 0.15) is 12.4 Å². The van der Waals surface area contributed by atoms with E-state index in [2.05, 4.69) is 32.0 Å². The fraction of sp³-hybridized carbons (Fsp3) is 0.294. The first kappa shape index (κ1) is 14.9. The van der Waals surface area contributed by atoms with Gasteiger partial charge in [-0.2, -0.15) is 0 Å².